The third-order valence-electron chi connectivity index (χ3n) is 4.22. The van der Waals surface area contributed by atoms with E-state index in [4.69, 9.17) is 11.0 Å². The number of fused-ring (bicyclic) bond motifs is 2. The van der Waals surface area contributed by atoms with Crippen molar-refractivity contribution in [3.05, 3.63) is 18.3 Å². The number of nitriles is 1. The van der Waals surface area contributed by atoms with Gasteiger partial charge in [-0.1, -0.05) is 6.42 Å². The number of hydrogen-bond acceptors (Lipinski definition) is 4. The summed E-state index contributed by atoms with van der Waals surface area (Å²) in [4.78, 5) is 8.69. The molecule has 2 bridgehead atoms. The highest BCUT2D eigenvalue weighted by atomic mass is 35.5. The van der Waals surface area contributed by atoms with Crippen molar-refractivity contribution in [1.82, 2.24) is 10.3 Å². The fraction of sp³-hybridized carbons (Fsp3) is 0.500. The quantitative estimate of drug-likeness (QED) is 0.336. The maximum absolute atomic E-state index is 8.85. The molecule has 7 heteroatoms. The molecule has 0 aromatic carbocycles. The number of aromatic nitrogens is 1. The van der Waals surface area contributed by atoms with Crippen LogP contribution in [0.1, 0.15) is 25.7 Å². The Morgan fingerprint density at radius 2 is 2.24 bits per heavy atom. The van der Waals surface area contributed by atoms with E-state index in [9.17, 15) is 0 Å². The lowest BCUT2D eigenvalue weighted by atomic mass is 9.96. The second kappa shape index (κ2) is 6.64. The first-order valence-electron chi connectivity index (χ1n) is 6.96. The molecule has 6 nitrogen and oxygen atoms in total. The smallest absolute Gasteiger partial charge is 0.209 e. The third-order valence-corrected chi connectivity index (χ3v) is 4.22. The molecule has 1 aromatic heterocycles. The Morgan fingerprint density at radius 3 is 2.81 bits per heavy atom. The number of nitrogens with one attached hydrogen (secondary N) is 2. The molecule has 3 unspecified atom stereocenters. The maximum atomic E-state index is 8.85. The van der Waals surface area contributed by atoms with E-state index in [1.54, 1.807) is 12.3 Å². The molecule has 0 aliphatic heterocycles. The van der Waals surface area contributed by atoms with Crippen LogP contribution < -0.4 is 16.4 Å². The largest absolute Gasteiger partial charge is 0.384 e. The van der Waals surface area contributed by atoms with Gasteiger partial charge in [-0.25, -0.2) is 9.98 Å². The lowest BCUT2D eigenvalue weighted by molar-refractivity contribution is 0.420. The summed E-state index contributed by atoms with van der Waals surface area (Å²) < 4.78 is 0. The van der Waals surface area contributed by atoms with E-state index in [0.29, 0.717) is 23.7 Å². The number of pyridine rings is 1. The number of aliphatic imine (C=N–C) groups is 1. The Hall–Kier alpha value is -2.00. The van der Waals surface area contributed by atoms with Crippen LogP contribution in [0.2, 0.25) is 0 Å². The molecule has 2 fully saturated rings. The summed E-state index contributed by atoms with van der Waals surface area (Å²) in [5.74, 6) is 2.48. The highest BCUT2D eigenvalue weighted by Gasteiger charge is 2.39. The molecule has 112 valence electrons. The van der Waals surface area contributed by atoms with Crippen LogP contribution in [-0.4, -0.2) is 17.0 Å². The fourth-order valence-corrected chi connectivity index (χ4v) is 3.30. The van der Waals surface area contributed by atoms with Crippen LogP contribution in [0.15, 0.2) is 23.3 Å². The van der Waals surface area contributed by atoms with Gasteiger partial charge in [0.05, 0.1) is 17.9 Å². The van der Waals surface area contributed by atoms with Gasteiger partial charge in [-0.3, -0.25) is 5.32 Å². The van der Waals surface area contributed by atoms with Crippen molar-refractivity contribution in [1.29, 1.82) is 5.26 Å². The van der Waals surface area contributed by atoms with E-state index >= 15 is 0 Å². The minimum Gasteiger partial charge on any atom is -0.384 e. The highest BCUT2D eigenvalue weighted by Crippen LogP contribution is 2.45. The molecule has 2 saturated carbocycles. The standard InChI is InChI=1S/C14H18N6.ClH/c15-8-18-14(19-11-3-4-13(16)17-7-11)20-12-6-9-1-2-10(12)5-9;/h3-4,7,9-10,12H,1-2,5-6H2,(H2,16,17)(H2,18,19,20);1H. The molecule has 3 rings (SSSR count). The third kappa shape index (κ3) is 3.56. The summed E-state index contributed by atoms with van der Waals surface area (Å²) >= 11 is 0. The summed E-state index contributed by atoms with van der Waals surface area (Å²) in [5.41, 5.74) is 6.32. The van der Waals surface area contributed by atoms with Crippen molar-refractivity contribution in [3.63, 3.8) is 0 Å². The Labute approximate surface area is 130 Å². The minimum atomic E-state index is 0. The van der Waals surface area contributed by atoms with Gasteiger partial charge in [-0.15, -0.1) is 12.4 Å². The first-order chi connectivity index (χ1) is 9.74. The summed E-state index contributed by atoms with van der Waals surface area (Å²) in [7, 11) is 0. The lowest BCUT2D eigenvalue weighted by Gasteiger charge is -2.19. The van der Waals surface area contributed by atoms with Crippen LogP contribution in [0, 0.1) is 23.3 Å². The van der Waals surface area contributed by atoms with Crippen LogP contribution in [0.5, 0.6) is 0 Å². The maximum Gasteiger partial charge on any atom is 0.209 e. The van der Waals surface area contributed by atoms with Crippen molar-refractivity contribution in [2.75, 3.05) is 11.1 Å². The van der Waals surface area contributed by atoms with Gasteiger partial charge < -0.3 is 11.1 Å². The van der Waals surface area contributed by atoms with Crippen LogP contribution in [0.3, 0.4) is 0 Å². The first-order valence-corrected chi connectivity index (χ1v) is 6.96. The van der Waals surface area contributed by atoms with E-state index in [-0.39, 0.29) is 12.4 Å². The molecule has 21 heavy (non-hydrogen) atoms. The number of rotatable bonds is 2. The molecular formula is C14H19ClN6. The molecule has 3 atom stereocenters. The molecule has 0 radical (unpaired) electrons. The highest BCUT2D eigenvalue weighted by molar-refractivity contribution is 5.94. The zero-order chi connectivity index (χ0) is 13.9. The predicted molar refractivity (Wildman–Crippen MR) is 84.9 cm³/mol. The van der Waals surface area contributed by atoms with Gasteiger partial charge in [0.15, 0.2) is 6.19 Å². The van der Waals surface area contributed by atoms with Gasteiger partial charge in [0.2, 0.25) is 5.96 Å². The number of guanidine groups is 1. The number of anilines is 2. The number of nitrogen functional groups attached to an aromatic ring is 1. The number of hydrogen-bond donors (Lipinski definition) is 3. The molecule has 0 saturated heterocycles. The van der Waals surface area contributed by atoms with Gasteiger partial charge in [0, 0.05) is 0 Å². The second-order valence-corrected chi connectivity index (χ2v) is 5.55. The summed E-state index contributed by atoms with van der Waals surface area (Å²) in [6.45, 7) is 0. The van der Waals surface area contributed by atoms with Crippen LogP contribution in [-0.2, 0) is 0 Å². The molecule has 2 aliphatic carbocycles. The topological polar surface area (TPSA) is 99.1 Å². The van der Waals surface area contributed by atoms with E-state index in [1.807, 2.05) is 12.3 Å². The van der Waals surface area contributed by atoms with Crippen molar-refractivity contribution >= 4 is 29.9 Å². The monoisotopic (exact) mass is 306 g/mol. The number of nitrogens with zero attached hydrogens (tertiary/aromatic N) is 3. The van der Waals surface area contributed by atoms with E-state index in [2.05, 4.69) is 20.6 Å². The second-order valence-electron chi connectivity index (χ2n) is 5.55. The normalized spacial score (nSPS) is 26.8. The summed E-state index contributed by atoms with van der Waals surface area (Å²) in [6, 6.07) is 3.86. The van der Waals surface area contributed by atoms with E-state index < -0.39 is 0 Å². The predicted octanol–water partition coefficient (Wildman–Crippen LogP) is 2.11. The van der Waals surface area contributed by atoms with Crippen LogP contribution >= 0.6 is 12.4 Å². The van der Waals surface area contributed by atoms with Gasteiger partial charge in [-0.2, -0.15) is 5.26 Å². The Kier molecular flexibility index (Phi) is 4.86. The number of nitrogens with two attached hydrogens (primary N) is 1. The van der Waals surface area contributed by atoms with E-state index in [1.165, 1.54) is 19.3 Å². The Bertz CT molecular complexity index is 550. The minimum absolute atomic E-state index is 0. The summed E-state index contributed by atoms with van der Waals surface area (Å²) in [6.07, 6.45) is 8.60. The average Bonchev–Trinajstić information content (AvgIpc) is 3.04. The fourth-order valence-electron chi connectivity index (χ4n) is 3.30. The Balaban J connectivity index is 0.00000161. The molecule has 1 aromatic rings. The lowest BCUT2D eigenvalue weighted by Crippen LogP contribution is -2.30. The van der Waals surface area contributed by atoms with Crippen molar-refractivity contribution in [3.8, 4) is 6.19 Å². The van der Waals surface area contributed by atoms with Gasteiger partial charge in [0.25, 0.3) is 0 Å². The van der Waals surface area contributed by atoms with Gasteiger partial charge in [0.1, 0.15) is 5.82 Å². The van der Waals surface area contributed by atoms with Crippen molar-refractivity contribution in [2.24, 2.45) is 16.8 Å². The molecule has 0 spiro atoms. The van der Waals surface area contributed by atoms with Crippen molar-refractivity contribution < 1.29 is 0 Å². The molecule has 4 N–H and O–H groups in total. The SMILES string of the molecule is Cl.N#CNC(=NC1CC2CCC1C2)Nc1ccc(N)nc1. The average molecular weight is 307 g/mol. The molecule has 2 aliphatic rings. The van der Waals surface area contributed by atoms with Gasteiger partial charge >= 0.3 is 0 Å². The van der Waals surface area contributed by atoms with Crippen molar-refractivity contribution in [2.45, 2.75) is 31.7 Å². The van der Waals surface area contributed by atoms with Crippen LogP contribution in [0.4, 0.5) is 11.5 Å². The zero-order valence-electron chi connectivity index (χ0n) is 11.6. The first kappa shape index (κ1) is 15.4. The Morgan fingerprint density at radius 1 is 1.38 bits per heavy atom. The summed E-state index contributed by atoms with van der Waals surface area (Å²) in [5, 5.41) is 14.6. The molecular weight excluding hydrogens is 288 g/mol. The number of halogens is 1. The molecule has 1 heterocycles. The van der Waals surface area contributed by atoms with E-state index in [0.717, 1.165) is 18.0 Å². The molecule has 0 amide bonds. The van der Waals surface area contributed by atoms with Gasteiger partial charge in [-0.05, 0) is 43.2 Å². The van der Waals surface area contributed by atoms with Crippen LogP contribution in [0.25, 0.3) is 0 Å². The zero-order valence-corrected chi connectivity index (χ0v) is 12.4.